The number of hydrogen-bond acceptors (Lipinski definition) is 2. The van der Waals surface area contributed by atoms with Crippen molar-refractivity contribution in [2.45, 2.75) is 13.0 Å². The van der Waals surface area contributed by atoms with Gasteiger partial charge in [-0.25, -0.2) is 0 Å². The Morgan fingerprint density at radius 3 is 2.57 bits per heavy atom. The summed E-state index contributed by atoms with van der Waals surface area (Å²) in [5.41, 5.74) is 3.93. The summed E-state index contributed by atoms with van der Waals surface area (Å²) in [7, 11) is 2.04. The molecule has 23 heavy (non-hydrogen) atoms. The summed E-state index contributed by atoms with van der Waals surface area (Å²) >= 11 is 3.63. The highest BCUT2D eigenvalue weighted by Crippen LogP contribution is 2.28. The largest absolute Gasteiger partial charge is 0.319 e. The van der Waals surface area contributed by atoms with Gasteiger partial charge >= 0.3 is 0 Å². The fourth-order valence-electron chi connectivity index (χ4n) is 3.25. The van der Waals surface area contributed by atoms with Crippen LogP contribution in [0.1, 0.15) is 12.0 Å². The van der Waals surface area contributed by atoms with E-state index in [1.807, 2.05) is 7.05 Å². The molecule has 0 bridgehead atoms. The number of likely N-dealkylation sites (tertiary alicyclic amines) is 1. The zero-order valence-electron chi connectivity index (χ0n) is 13.5. The summed E-state index contributed by atoms with van der Waals surface area (Å²) in [4.78, 5) is 2.56. The molecule has 3 rings (SSSR count). The fourth-order valence-corrected chi connectivity index (χ4v) is 3.77. The van der Waals surface area contributed by atoms with Crippen molar-refractivity contribution < 1.29 is 0 Å². The zero-order chi connectivity index (χ0) is 15.4. The molecule has 0 spiro atoms. The molecule has 1 aliphatic rings. The monoisotopic (exact) mass is 394 g/mol. The standard InChI is InChI=1S/C19H23BrN2.ClH/c1-21-12-16-10-11-22(14-16)13-15-6-8-17(9-7-15)18-4-2-3-5-19(18)20;/h2-9,16,21H,10-14H2,1H3;1H. The van der Waals surface area contributed by atoms with E-state index >= 15 is 0 Å². The van der Waals surface area contributed by atoms with Gasteiger partial charge in [0.2, 0.25) is 0 Å². The molecule has 1 heterocycles. The highest BCUT2D eigenvalue weighted by atomic mass is 79.9. The third kappa shape index (κ3) is 4.80. The van der Waals surface area contributed by atoms with Gasteiger partial charge in [-0.1, -0.05) is 58.4 Å². The molecule has 0 aromatic heterocycles. The first-order chi connectivity index (χ1) is 10.8. The van der Waals surface area contributed by atoms with E-state index in [1.54, 1.807) is 0 Å². The second-order valence-electron chi connectivity index (χ2n) is 6.12. The van der Waals surface area contributed by atoms with Gasteiger partial charge in [0.25, 0.3) is 0 Å². The molecule has 2 aromatic carbocycles. The van der Waals surface area contributed by atoms with Crippen LogP contribution in [0.15, 0.2) is 53.0 Å². The first-order valence-electron chi connectivity index (χ1n) is 7.97. The van der Waals surface area contributed by atoms with Gasteiger partial charge in [0.05, 0.1) is 0 Å². The highest BCUT2D eigenvalue weighted by molar-refractivity contribution is 9.10. The van der Waals surface area contributed by atoms with Crippen LogP contribution in [0.4, 0.5) is 0 Å². The summed E-state index contributed by atoms with van der Waals surface area (Å²) in [6.45, 7) is 4.64. The molecule has 1 saturated heterocycles. The minimum absolute atomic E-state index is 0. The number of benzene rings is 2. The fraction of sp³-hybridized carbons (Fsp3) is 0.368. The van der Waals surface area contributed by atoms with Crippen LogP contribution >= 0.6 is 28.3 Å². The van der Waals surface area contributed by atoms with E-state index in [1.165, 1.54) is 36.2 Å². The maximum Gasteiger partial charge on any atom is 0.0253 e. The van der Waals surface area contributed by atoms with Gasteiger partial charge in [-0.2, -0.15) is 0 Å². The topological polar surface area (TPSA) is 15.3 Å². The van der Waals surface area contributed by atoms with Crippen molar-refractivity contribution in [2.24, 2.45) is 5.92 Å². The summed E-state index contributed by atoms with van der Waals surface area (Å²) in [5.74, 6) is 0.810. The van der Waals surface area contributed by atoms with E-state index in [2.05, 4.69) is 74.7 Å². The Bertz CT molecular complexity index is 615. The average Bonchev–Trinajstić information content (AvgIpc) is 2.96. The molecule has 1 N–H and O–H groups in total. The van der Waals surface area contributed by atoms with Crippen LogP contribution < -0.4 is 5.32 Å². The van der Waals surface area contributed by atoms with Crippen molar-refractivity contribution in [1.82, 2.24) is 10.2 Å². The van der Waals surface area contributed by atoms with Crippen LogP contribution in [0, 0.1) is 5.92 Å². The third-order valence-electron chi connectivity index (χ3n) is 4.41. The minimum atomic E-state index is 0. The second kappa shape index (κ2) is 8.84. The predicted molar refractivity (Wildman–Crippen MR) is 104 cm³/mol. The normalized spacial score (nSPS) is 17.9. The summed E-state index contributed by atoms with van der Waals surface area (Å²) in [6.07, 6.45) is 1.32. The lowest BCUT2D eigenvalue weighted by molar-refractivity contribution is 0.315. The van der Waals surface area contributed by atoms with Crippen molar-refractivity contribution in [1.29, 1.82) is 0 Å². The lowest BCUT2D eigenvalue weighted by Gasteiger charge is -2.16. The molecular weight excluding hydrogens is 372 g/mol. The van der Waals surface area contributed by atoms with Crippen LogP contribution in [0.3, 0.4) is 0 Å². The first-order valence-corrected chi connectivity index (χ1v) is 8.76. The number of nitrogens with zero attached hydrogens (tertiary/aromatic N) is 1. The lowest BCUT2D eigenvalue weighted by atomic mass is 10.0. The average molecular weight is 396 g/mol. The Kier molecular flexibility index (Phi) is 7.09. The van der Waals surface area contributed by atoms with Crippen molar-refractivity contribution in [2.75, 3.05) is 26.7 Å². The molecule has 1 atom stereocenters. The van der Waals surface area contributed by atoms with E-state index in [-0.39, 0.29) is 12.4 Å². The smallest absolute Gasteiger partial charge is 0.0253 e. The molecule has 124 valence electrons. The maximum absolute atomic E-state index is 3.63. The lowest BCUT2D eigenvalue weighted by Crippen LogP contribution is -2.24. The van der Waals surface area contributed by atoms with E-state index in [4.69, 9.17) is 0 Å². The maximum atomic E-state index is 3.63. The van der Waals surface area contributed by atoms with Gasteiger partial charge in [-0.15, -0.1) is 12.4 Å². The molecule has 0 amide bonds. The molecule has 1 unspecified atom stereocenters. The van der Waals surface area contributed by atoms with Crippen LogP contribution in [-0.4, -0.2) is 31.6 Å². The second-order valence-corrected chi connectivity index (χ2v) is 6.98. The molecule has 0 radical (unpaired) electrons. The van der Waals surface area contributed by atoms with Gasteiger partial charge in [0, 0.05) is 17.6 Å². The molecular formula is C19H24BrClN2. The minimum Gasteiger partial charge on any atom is -0.319 e. The van der Waals surface area contributed by atoms with Crippen molar-refractivity contribution >= 4 is 28.3 Å². The Balaban J connectivity index is 0.00000192. The quantitative estimate of drug-likeness (QED) is 0.797. The number of halogens is 2. The molecule has 0 saturated carbocycles. The highest BCUT2D eigenvalue weighted by Gasteiger charge is 2.21. The number of nitrogens with one attached hydrogen (secondary N) is 1. The van der Waals surface area contributed by atoms with Crippen LogP contribution in [0.25, 0.3) is 11.1 Å². The molecule has 4 heteroatoms. The summed E-state index contributed by atoms with van der Waals surface area (Å²) < 4.78 is 1.15. The Labute approximate surface area is 153 Å². The van der Waals surface area contributed by atoms with E-state index in [9.17, 15) is 0 Å². The number of rotatable bonds is 5. The molecule has 2 nitrogen and oxygen atoms in total. The summed E-state index contributed by atoms with van der Waals surface area (Å²) in [5, 5.41) is 3.29. The molecule has 0 aliphatic carbocycles. The third-order valence-corrected chi connectivity index (χ3v) is 5.10. The number of hydrogen-bond donors (Lipinski definition) is 1. The first kappa shape index (κ1) is 18.5. The van der Waals surface area contributed by atoms with Gasteiger partial charge < -0.3 is 5.32 Å². The predicted octanol–water partition coefficient (Wildman–Crippen LogP) is 4.58. The Morgan fingerprint density at radius 2 is 1.87 bits per heavy atom. The molecule has 1 aliphatic heterocycles. The van der Waals surface area contributed by atoms with Crippen LogP contribution in [0.2, 0.25) is 0 Å². The van der Waals surface area contributed by atoms with E-state index in [0.717, 1.165) is 23.5 Å². The molecule has 2 aromatic rings. The van der Waals surface area contributed by atoms with E-state index in [0.29, 0.717) is 0 Å². The zero-order valence-corrected chi connectivity index (χ0v) is 15.9. The SMILES string of the molecule is CNCC1CCN(Cc2ccc(-c3ccccc3Br)cc2)C1.Cl. The summed E-state index contributed by atoms with van der Waals surface area (Å²) in [6, 6.07) is 17.4. The van der Waals surface area contributed by atoms with Crippen molar-refractivity contribution in [3.63, 3.8) is 0 Å². The van der Waals surface area contributed by atoms with Crippen LogP contribution in [-0.2, 0) is 6.54 Å². The van der Waals surface area contributed by atoms with E-state index < -0.39 is 0 Å². The van der Waals surface area contributed by atoms with Crippen molar-refractivity contribution in [3.05, 3.63) is 58.6 Å². The van der Waals surface area contributed by atoms with Gasteiger partial charge in [-0.3, -0.25) is 4.90 Å². The van der Waals surface area contributed by atoms with Crippen molar-refractivity contribution in [3.8, 4) is 11.1 Å². The van der Waals surface area contributed by atoms with Gasteiger partial charge in [0.15, 0.2) is 0 Å². The Morgan fingerprint density at radius 1 is 1.13 bits per heavy atom. The Hall–Kier alpha value is -0.870. The van der Waals surface area contributed by atoms with Crippen LogP contribution in [0.5, 0.6) is 0 Å². The van der Waals surface area contributed by atoms with Gasteiger partial charge in [-0.05, 0) is 55.2 Å². The van der Waals surface area contributed by atoms with Gasteiger partial charge in [0.1, 0.15) is 0 Å². The molecule has 1 fully saturated rings.